The van der Waals surface area contributed by atoms with Crippen LogP contribution in [0.1, 0.15) is 53.0 Å². The highest BCUT2D eigenvalue weighted by molar-refractivity contribution is 5.96. The van der Waals surface area contributed by atoms with Gasteiger partial charge in [-0.15, -0.1) is 0 Å². The monoisotopic (exact) mass is 420 g/mol. The summed E-state index contributed by atoms with van der Waals surface area (Å²) < 4.78 is 44.8. The highest BCUT2D eigenvalue weighted by Crippen LogP contribution is 2.31. The molecule has 0 aliphatic rings. The normalized spacial score (nSPS) is 11.6. The van der Waals surface area contributed by atoms with E-state index in [-0.39, 0.29) is 35.0 Å². The molecule has 0 aliphatic heterocycles. The molecule has 0 spiro atoms. The number of nitrogens with one attached hydrogen (secondary N) is 1. The lowest BCUT2D eigenvalue weighted by molar-refractivity contribution is -0.137. The van der Waals surface area contributed by atoms with Crippen molar-refractivity contribution < 1.29 is 22.7 Å². The van der Waals surface area contributed by atoms with Gasteiger partial charge in [0.15, 0.2) is 17.0 Å². The van der Waals surface area contributed by atoms with Crippen molar-refractivity contribution in [2.24, 2.45) is 0 Å². The van der Waals surface area contributed by atoms with E-state index in [0.29, 0.717) is 12.0 Å². The van der Waals surface area contributed by atoms with Crippen molar-refractivity contribution in [3.8, 4) is 0 Å². The van der Waals surface area contributed by atoms with E-state index < -0.39 is 23.3 Å². The number of hydrogen-bond acceptors (Lipinski definition) is 5. The van der Waals surface area contributed by atoms with E-state index in [2.05, 4.69) is 21.6 Å². The molecule has 0 amide bonds. The summed E-state index contributed by atoms with van der Waals surface area (Å²) in [7, 11) is 0. The van der Waals surface area contributed by atoms with Crippen LogP contribution in [0.5, 0.6) is 0 Å². The van der Waals surface area contributed by atoms with Gasteiger partial charge in [0.1, 0.15) is 5.82 Å². The topological polar surface area (TPSA) is 89.3 Å². The minimum Gasteiger partial charge on any atom is -0.461 e. The van der Waals surface area contributed by atoms with Crippen LogP contribution in [-0.4, -0.2) is 32.2 Å². The maximum Gasteiger partial charge on any atom is 0.416 e. The Labute approximate surface area is 169 Å². The van der Waals surface area contributed by atoms with Crippen molar-refractivity contribution in [2.45, 2.75) is 32.9 Å². The summed E-state index contributed by atoms with van der Waals surface area (Å²) >= 11 is 0. The first-order chi connectivity index (χ1) is 14.1. The zero-order valence-electron chi connectivity index (χ0n) is 16.3. The summed E-state index contributed by atoms with van der Waals surface area (Å²) in [6, 6.07) is 4.32. The van der Waals surface area contributed by atoms with Crippen molar-refractivity contribution in [3.63, 3.8) is 0 Å². The number of carbonyl (C=O) groups is 1. The van der Waals surface area contributed by atoms with Crippen molar-refractivity contribution in [3.05, 3.63) is 69.7 Å². The van der Waals surface area contributed by atoms with Gasteiger partial charge in [-0.1, -0.05) is 32.1 Å². The minimum atomic E-state index is -4.47. The van der Waals surface area contributed by atoms with Crippen molar-refractivity contribution in [1.82, 2.24) is 19.6 Å². The minimum absolute atomic E-state index is 0.0569. The molecule has 0 fully saturated rings. The molecule has 10 heteroatoms. The number of hydrogen-bond donors (Lipinski definition) is 1. The molecule has 2 aromatic heterocycles. The zero-order chi connectivity index (χ0) is 22.1. The van der Waals surface area contributed by atoms with Gasteiger partial charge in [-0.2, -0.15) is 18.3 Å². The van der Waals surface area contributed by atoms with Gasteiger partial charge in [0, 0.05) is 5.57 Å². The number of H-pyrrole nitrogens is 1. The predicted molar refractivity (Wildman–Crippen MR) is 103 cm³/mol. The number of aromatic nitrogens is 4. The lowest BCUT2D eigenvalue weighted by Gasteiger charge is -2.09. The van der Waals surface area contributed by atoms with E-state index >= 15 is 0 Å². The Morgan fingerprint density at radius 2 is 1.93 bits per heavy atom. The number of alkyl halides is 3. The third kappa shape index (κ3) is 4.12. The molecule has 0 bridgehead atoms. The molecule has 0 aliphatic carbocycles. The van der Waals surface area contributed by atoms with Gasteiger partial charge in [-0.3, -0.25) is 4.79 Å². The number of rotatable bonds is 6. The number of nitrogens with zero attached hydrogens (tertiary/aromatic N) is 3. The maximum absolute atomic E-state index is 12.8. The molecule has 7 nitrogen and oxygen atoms in total. The molecule has 0 saturated heterocycles. The van der Waals surface area contributed by atoms with Crippen LogP contribution in [0.15, 0.2) is 35.6 Å². The third-order valence-electron chi connectivity index (χ3n) is 4.37. The summed E-state index contributed by atoms with van der Waals surface area (Å²) in [5.74, 6) is -0.470. The summed E-state index contributed by atoms with van der Waals surface area (Å²) in [6.45, 7) is 7.52. The first kappa shape index (κ1) is 21.3. The van der Waals surface area contributed by atoms with E-state index in [9.17, 15) is 22.8 Å². The van der Waals surface area contributed by atoms with Gasteiger partial charge >= 0.3 is 12.1 Å². The van der Waals surface area contributed by atoms with Crippen LogP contribution in [-0.2, 0) is 10.9 Å². The molecular weight excluding hydrogens is 401 g/mol. The number of ether oxygens (including phenoxy) is 1. The fourth-order valence-electron chi connectivity index (χ4n) is 2.82. The number of halogens is 3. The molecule has 0 atom stereocenters. The standard InChI is InChI=1S/C20H19F3N4O3/c1-4-5-10-30-19(29)15-16-18(28)24-12(3)26-27(16)17(25-15)11(2)13-6-8-14(9-7-13)20(21,22)23/h6-9H,2,4-5,10H2,1,3H3,(H,24,26,28). The van der Waals surface area contributed by atoms with E-state index in [0.717, 1.165) is 23.1 Å². The number of benzene rings is 1. The summed E-state index contributed by atoms with van der Waals surface area (Å²) in [6.07, 6.45) is -3.01. The second-order valence-corrected chi connectivity index (χ2v) is 6.63. The first-order valence-electron chi connectivity index (χ1n) is 9.17. The number of aryl methyl sites for hydroxylation is 1. The SMILES string of the molecule is C=C(c1ccc(C(F)(F)F)cc1)c1nc(C(=O)OCCCC)c2c(=O)[nH]c(C)nn12. The smallest absolute Gasteiger partial charge is 0.416 e. The largest absolute Gasteiger partial charge is 0.461 e. The molecule has 1 aromatic carbocycles. The Kier molecular flexibility index (Phi) is 5.77. The number of aromatic amines is 1. The number of carbonyl (C=O) groups excluding carboxylic acids is 1. The van der Waals surface area contributed by atoms with E-state index in [1.807, 2.05) is 6.92 Å². The van der Waals surface area contributed by atoms with Crippen LogP contribution in [0.3, 0.4) is 0 Å². The molecule has 0 saturated carbocycles. The lowest BCUT2D eigenvalue weighted by atomic mass is 10.0. The number of fused-ring (bicyclic) bond motifs is 1. The second kappa shape index (κ2) is 8.13. The molecule has 158 valence electrons. The number of imidazole rings is 1. The third-order valence-corrected chi connectivity index (χ3v) is 4.37. The van der Waals surface area contributed by atoms with Crippen LogP contribution in [0.25, 0.3) is 11.1 Å². The quantitative estimate of drug-likeness (QED) is 0.485. The average Bonchev–Trinajstić information content (AvgIpc) is 3.06. The van der Waals surface area contributed by atoms with E-state index in [4.69, 9.17) is 4.74 Å². The van der Waals surface area contributed by atoms with Gasteiger partial charge in [0.25, 0.3) is 5.56 Å². The van der Waals surface area contributed by atoms with Crippen molar-refractivity contribution in [1.29, 1.82) is 0 Å². The maximum atomic E-state index is 12.8. The van der Waals surface area contributed by atoms with Gasteiger partial charge in [-0.05, 0) is 31.0 Å². The van der Waals surface area contributed by atoms with E-state index in [1.54, 1.807) is 6.92 Å². The van der Waals surface area contributed by atoms with Crippen LogP contribution in [0, 0.1) is 6.92 Å². The average molecular weight is 420 g/mol. The molecule has 0 unspecified atom stereocenters. The second-order valence-electron chi connectivity index (χ2n) is 6.63. The highest BCUT2D eigenvalue weighted by atomic mass is 19.4. The molecule has 2 heterocycles. The van der Waals surface area contributed by atoms with Crippen LogP contribution < -0.4 is 5.56 Å². The fourth-order valence-corrected chi connectivity index (χ4v) is 2.82. The molecule has 0 radical (unpaired) electrons. The van der Waals surface area contributed by atoms with Gasteiger partial charge in [0.05, 0.1) is 12.2 Å². The zero-order valence-corrected chi connectivity index (χ0v) is 16.3. The van der Waals surface area contributed by atoms with E-state index in [1.165, 1.54) is 12.1 Å². The van der Waals surface area contributed by atoms with Gasteiger partial charge < -0.3 is 9.72 Å². The number of esters is 1. The van der Waals surface area contributed by atoms with Crippen LogP contribution in [0.2, 0.25) is 0 Å². The lowest BCUT2D eigenvalue weighted by Crippen LogP contribution is -2.18. The molecule has 3 aromatic rings. The molecule has 30 heavy (non-hydrogen) atoms. The summed E-state index contributed by atoms with van der Waals surface area (Å²) in [4.78, 5) is 31.6. The van der Waals surface area contributed by atoms with Gasteiger partial charge in [0.2, 0.25) is 0 Å². The Morgan fingerprint density at radius 1 is 1.27 bits per heavy atom. The number of unbranched alkanes of at least 4 members (excludes halogenated alkanes) is 1. The highest BCUT2D eigenvalue weighted by Gasteiger charge is 2.30. The van der Waals surface area contributed by atoms with Crippen molar-refractivity contribution in [2.75, 3.05) is 6.61 Å². The molecular formula is C20H19F3N4O3. The summed E-state index contributed by atoms with van der Waals surface area (Å²) in [5.41, 5.74) is -1.22. The van der Waals surface area contributed by atoms with Crippen LogP contribution in [0.4, 0.5) is 13.2 Å². The molecule has 3 rings (SSSR count). The Balaban J connectivity index is 2.08. The Hall–Kier alpha value is -3.43. The Bertz CT molecular complexity index is 1160. The Morgan fingerprint density at radius 3 is 2.53 bits per heavy atom. The van der Waals surface area contributed by atoms with Crippen molar-refractivity contribution >= 4 is 17.1 Å². The van der Waals surface area contributed by atoms with Crippen LogP contribution >= 0.6 is 0 Å². The first-order valence-corrected chi connectivity index (χ1v) is 9.17. The fraction of sp³-hybridized carbons (Fsp3) is 0.300. The summed E-state index contributed by atoms with van der Waals surface area (Å²) in [5, 5.41) is 4.19. The molecule has 1 N–H and O–H groups in total. The van der Waals surface area contributed by atoms with Gasteiger partial charge in [-0.25, -0.2) is 14.3 Å². The predicted octanol–water partition coefficient (Wildman–Crippen LogP) is 3.76.